The molecule has 0 atom stereocenters. The fourth-order valence-electron chi connectivity index (χ4n) is 5.00. The molecule has 3 N–H and O–H groups in total. The molecule has 1 fully saturated rings. The van der Waals surface area contributed by atoms with Crippen molar-refractivity contribution in [3.05, 3.63) is 71.6 Å². The first-order chi connectivity index (χ1) is 17.2. The van der Waals surface area contributed by atoms with Gasteiger partial charge in [-0.05, 0) is 55.2 Å². The lowest BCUT2D eigenvalue weighted by Gasteiger charge is -2.36. The highest BCUT2D eigenvalue weighted by Crippen LogP contribution is 2.48. The summed E-state index contributed by atoms with van der Waals surface area (Å²) in [7, 11) is -1.65. The number of aryl methyl sites for hydroxylation is 3. The molecule has 1 saturated carbocycles. The highest BCUT2D eigenvalue weighted by molar-refractivity contribution is 7.87. The maximum absolute atomic E-state index is 14.6. The third-order valence-electron chi connectivity index (χ3n) is 7.13. The van der Waals surface area contributed by atoms with E-state index in [0.29, 0.717) is 30.4 Å². The Hall–Kier alpha value is -2.95. The molecule has 7 nitrogen and oxygen atoms in total. The first-order valence-corrected chi connectivity index (χ1v) is 13.7. The maximum atomic E-state index is 14.6. The highest BCUT2D eigenvalue weighted by atomic mass is 32.2. The molecule has 0 saturated heterocycles. The summed E-state index contributed by atoms with van der Waals surface area (Å²) in [5.41, 5.74) is 4.02. The largest absolute Gasteiger partial charge is 0.352 e. The van der Waals surface area contributed by atoms with Crippen molar-refractivity contribution in [3.63, 3.8) is 0 Å². The normalized spacial score (nSPS) is 18.1. The van der Waals surface area contributed by atoms with Gasteiger partial charge in [-0.25, -0.2) is 18.2 Å². The Balaban J connectivity index is 1.23. The van der Waals surface area contributed by atoms with Crippen LogP contribution in [0.4, 0.5) is 8.78 Å². The lowest BCUT2D eigenvalue weighted by atomic mass is 9.70. The molecule has 2 aromatic carbocycles. The van der Waals surface area contributed by atoms with Crippen molar-refractivity contribution in [1.82, 2.24) is 23.8 Å². The van der Waals surface area contributed by atoms with Crippen LogP contribution in [0.15, 0.2) is 48.8 Å². The number of halogens is 2. The number of benzene rings is 2. The SMILES string of the molecule is Cc1ccc(-c2[nH]c3c(F)cc(F)cc3c2C2CC(CNS(=O)(=O)NCCCn3ccn3C)C2)cc1. The molecule has 0 radical (unpaired) electrons. The van der Waals surface area contributed by atoms with Gasteiger partial charge in [0.25, 0.3) is 10.2 Å². The van der Waals surface area contributed by atoms with E-state index in [1.54, 1.807) is 0 Å². The predicted molar refractivity (Wildman–Crippen MR) is 137 cm³/mol. The van der Waals surface area contributed by atoms with Crippen molar-refractivity contribution in [1.29, 1.82) is 0 Å². The maximum Gasteiger partial charge on any atom is 0.276 e. The fraction of sp³-hybridized carbons (Fsp3) is 0.385. The van der Waals surface area contributed by atoms with E-state index in [-0.39, 0.29) is 11.8 Å². The van der Waals surface area contributed by atoms with Gasteiger partial charge in [-0.15, -0.1) is 0 Å². The second-order valence-corrected chi connectivity index (χ2v) is 11.3. The van der Waals surface area contributed by atoms with E-state index in [0.717, 1.165) is 47.8 Å². The molecule has 4 aromatic rings. The first-order valence-electron chi connectivity index (χ1n) is 12.2. The van der Waals surface area contributed by atoms with Crippen LogP contribution in [0.25, 0.3) is 22.2 Å². The van der Waals surface area contributed by atoms with Crippen LogP contribution < -0.4 is 9.44 Å². The zero-order chi connectivity index (χ0) is 25.4. The Bertz CT molecular complexity index is 1460. The van der Waals surface area contributed by atoms with Gasteiger partial charge >= 0.3 is 0 Å². The number of aromatic amines is 1. The van der Waals surface area contributed by atoms with Crippen molar-refractivity contribution in [2.75, 3.05) is 13.1 Å². The number of nitrogens with one attached hydrogen (secondary N) is 3. The highest BCUT2D eigenvalue weighted by Gasteiger charge is 2.35. The summed E-state index contributed by atoms with van der Waals surface area (Å²) in [6, 6.07) is 10.2. The second-order valence-electron chi connectivity index (χ2n) is 9.76. The molecule has 2 heterocycles. The lowest BCUT2D eigenvalue weighted by molar-refractivity contribution is 0.267. The molecule has 0 spiro atoms. The monoisotopic (exact) mass is 515 g/mol. The van der Waals surface area contributed by atoms with Crippen molar-refractivity contribution in [3.8, 4) is 11.3 Å². The summed E-state index contributed by atoms with van der Waals surface area (Å²) >= 11 is 0. The third-order valence-corrected chi connectivity index (χ3v) is 8.26. The second kappa shape index (κ2) is 9.84. The average Bonchev–Trinajstić information content (AvgIpc) is 3.16. The zero-order valence-electron chi connectivity index (χ0n) is 20.4. The molecule has 2 aromatic heterocycles. The van der Waals surface area contributed by atoms with Crippen LogP contribution in [0.2, 0.25) is 0 Å². The molecule has 0 aliphatic heterocycles. The summed E-state index contributed by atoms with van der Waals surface area (Å²) in [6.07, 6.45) is 6.04. The lowest BCUT2D eigenvalue weighted by Crippen LogP contribution is -2.42. The van der Waals surface area contributed by atoms with E-state index in [1.807, 2.05) is 60.0 Å². The summed E-state index contributed by atoms with van der Waals surface area (Å²) in [5, 5.41) is 0.552. The molecule has 36 heavy (non-hydrogen) atoms. The Kier molecular flexibility index (Phi) is 6.76. The smallest absolute Gasteiger partial charge is 0.276 e. The minimum absolute atomic E-state index is 0.0836. The van der Waals surface area contributed by atoms with Crippen molar-refractivity contribution >= 4 is 21.1 Å². The number of fused-ring (bicyclic) bond motifs is 1. The van der Waals surface area contributed by atoms with Crippen LogP contribution in [0.1, 0.15) is 36.3 Å². The van der Waals surface area contributed by atoms with Gasteiger partial charge in [0.1, 0.15) is 11.6 Å². The molecular weight excluding hydrogens is 484 g/mol. The van der Waals surface area contributed by atoms with Crippen molar-refractivity contribution in [2.45, 2.75) is 38.6 Å². The Morgan fingerprint density at radius 1 is 1.08 bits per heavy atom. The Morgan fingerprint density at radius 3 is 2.50 bits per heavy atom. The van der Waals surface area contributed by atoms with Crippen molar-refractivity contribution in [2.24, 2.45) is 13.0 Å². The van der Waals surface area contributed by atoms with Gasteiger partial charge in [0.2, 0.25) is 0 Å². The summed E-state index contributed by atoms with van der Waals surface area (Å²) in [6.45, 7) is 3.43. The van der Waals surface area contributed by atoms with E-state index in [9.17, 15) is 17.2 Å². The number of aromatic nitrogens is 3. The minimum atomic E-state index is -3.58. The standard InChI is InChI=1S/C26H31F2N5O2S/c1-17-4-6-19(7-5-17)25-24(22-14-21(27)15-23(28)26(22)31-25)20-12-18(13-20)16-30-36(34,35)29-8-3-9-33-11-10-32(33)2/h4-7,10-11,14-15,18,20,29-31H,3,8-9,12-13,16H2,1-2H3. The van der Waals surface area contributed by atoms with Crippen LogP contribution in [0.3, 0.4) is 0 Å². The molecule has 0 amide bonds. The molecule has 0 bridgehead atoms. The zero-order valence-corrected chi connectivity index (χ0v) is 21.2. The number of nitrogens with zero attached hydrogens (tertiary/aromatic N) is 2. The van der Waals surface area contributed by atoms with Crippen molar-refractivity contribution < 1.29 is 17.2 Å². The van der Waals surface area contributed by atoms with E-state index in [1.165, 1.54) is 6.07 Å². The molecule has 0 unspecified atom stereocenters. The first kappa shape index (κ1) is 24.7. The van der Waals surface area contributed by atoms with Gasteiger partial charge in [0, 0.05) is 50.5 Å². The van der Waals surface area contributed by atoms with E-state index >= 15 is 0 Å². The summed E-state index contributed by atoms with van der Waals surface area (Å²) < 4.78 is 62.6. The molecule has 1 aliphatic carbocycles. The topological polar surface area (TPSA) is 83.8 Å². The third kappa shape index (κ3) is 5.11. The van der Waals surface area contributed by atoms with Gasteiger partial charge in [0.15, 0.2) is 0 Å². The molecular formula is C26H31F2N5O2S. The molecule has 192 valence electrons. The number of rotatable bonds is 10. The van der Waals surface area contributed by atoms with Crippen LogP contribution in [-0.2, 0) is 23.8 Å². The molecule has 1 aliphatic rings. The predicted octanol–water partition coefficient (Wildman–Crippen LogP) is 4.57. The molecule has 10 heteroatoms. The van der Waals surface area contributed by atoms with Gasteiger partial charge in [-0.3, -0.25) is 9.36 Å². The Labute approximate surface area is 209 Å². The van der Waals surface area contributed by atoms with Gasteiger partial charge < -0.3 is 4.98 Å². The molecule has 5 rings (SSSR count). The van der Waals surface area contributed by atoms with Gasteiger partial charge in [-0.1, -0.05) is 29.8 Å². The van der Waals surface area contributed by atoms with E-state index < -0.39 is 21.8 Å². The van der Waals surface area contributed by atoms with Gasteiger partial charge in [0.05, 0.1) is 11.2 Å². The van der Waals surface area contributed by atoms with Crippen LogP contribution in [-0.4, -0.2) is 35.9 Å². The summed E-state index contributed by atoms with van der Waals surface area (Å²) in [5.74, 6) is -0.987. The number of hydrogen-bond acceptors (Lipinski definition) is 2. The average molecular weight is 516 g/mol. The van der Waals surface area contributed by atoms with Gasteiger partial charge in [-0.2, -0.15) is 8.42 Å². The van der Waals surface area contributed by atoms with Crippen LogP contribution in [0, 0.1) is 24.5 Å². The number of H-pyrrole nitrogens is 1. The Morgan fingerprint density at radius 2 is 1.83 bits per heavy atom. The van der Waals surface area contributed by atoms with E-state index in [2.05, 4.69) is 14.4 Å². The van der Waals surface area contributed by atoms with Crippen LogP contribution in [0.5, 0.6) is 0 Å². The van der Waals surface area contributed by atoms with Crippen LogP contribution >= 0.6 is 0 Å². The fourth-order valence-corrected chi connectivity index (χ4v) is 5.97. The minimum Gasteiger partial charge on any atom is -0.352 e. The number of hydrogen-bond donors (Lipinski definition) is 3. The quantitative estimate of drug-likeness (QED) is 0.271. The summed E-state index contributed by atoms with van der Waals surface area (Å²) in [4.78, 5) is 3.19. The van der Waals surface area contributed by atoms with E-state index in [4.69, 9.17) is 0 Å².